The highest BCUT2D eigenvalue weighted by molar-refractivity contribution is 5.83. The van der Waals surface area contributed by atoms with Gasteiger partial charge >= 0.3 is 0 Å². The van der Waals surface area contributed by atoms with Crippen molar-refractivity contribution in [2.24, 2.45) is 0 Å². The van der Waals surface area contributed by atoms with Crippen LogP contribution in [0.5, 0.6) is 0 Å². The van der Waals surface area contributed by atoms with Gasteiger partial charge in [0, 0.05) is 67.0 Å². The van der Waals surface area contributed by atoms with Gasteiger partial charge < -0.3 is 16.0 Å². The van der Waals surface area contributed by atoms with Crippen molar-refractivity contribution in [2.45, 2.75) is 109 Å². The van der Waals surface area contributed by atoms with Crippen molar-refractivity contribution in [3.8, 4) is 0 Å². The first-order chi connectivity index (χ1) is 27.2. The van der Waals surface area contributed by atoms with E-state index in [9.17, 15) is 4.79 Å². The molecule has 0 spiro atoms. The second-order valence-electron chi connectivity index (χ2n) is 15.0. The van der Waals surface area contributed by atoms with Gasteiger partial charge in [0.15, 0.2) is 0 Å². The predicted octanol–water partition coefficient (Wildman–Crippen LogP) is 9.09. The number of Topliss-reactive ketones (excluding diaryl/α,β-unsaturated/α-hetero) is 1. The number of ketones is 1. The molecule has 2 aliphatic heterocycles. The summed E-state index contributed by atoms with van der Waals surface area (Å²) in [6.45, 7) is 3.51. The largest absolute Gasteiger partial charge is 0.339 e. The molecule has 4 aliphatic rings. The minimum absolute atomic E-state index is 0.475. The van der Waals surface area contributed by atoms with Crippen LogP contribution in [0.4, 0.5) is 23.0 Å². The van der Waals surface area contributed by atoms with Crippen LogP contribution in [-0.2, 0) is 31.0 Å². The van der Waals surface area contributed by atoms with Crippen molar-refractivity contribution in [1.82, 2.24) is 40.1 Å². The molecule has 0 saturated heterocycles. The number of aromatic nitrogens is 6. The van der Waals surface area contributed by atoms with Gasteiger partial charge in [0.25, 0.3) is 0 Å². The summed E-state index contributed by atoms with van der Waals surface area (Å²) in [6.07, 6.45) is 21.6. The van der Waals surface area contributed by atoms with Crippen LogP contribution in [0.15, 0.2) is 85.7 Å². The molecule has 2 aromatic carbocycles. The van der Waals surface area contributed by atoms with Crippen LogP contribution in [0.3, 0.4) is 0 Å². The summed E-state index contributed by atoms with van der Waals surface area (Å²) < 4.78 is 0. The number of carbonyl (C=O) groups excluding carboxylic acids is 1. The van der Waals surface area contributed by atoms with E-state index in [4.69, 9.17) is 0 Å². The van der Waals surface area contributed by atoms with Gasteiger partial charge in [0.05, 0.1) is 46.2 Å². The average Bonchev–Trinajstić information content (AvgIpc) is 3.71. The standard InChI is InChI=1S/C22H25N5.C15H13N5.C7H12O/c1-2-4-9-18(8-3-1)27-13-19-21(14-27)24-15-25-22(19)26-17-11-16-7-5-6-10-20(16)23-12-17;1-2-4-13-10(3-1)5-11(6-17-13)20-15-12-7-16-8-14(12)18-9-19-15;8-7-5-3-1-2-4-6-7/h5-7,10-12,15,18H,1-4,8-9,13-14H2,(H,24,25,26);1-6,9,16H,7-8H2,(H,18,19,20);1-6H2. The molecule has 2 aliphatic carbocycles. The van der Waals surface area contributed by atoms with Gasteiger partial charge in [-0.2, -0.15) is 0 Å². The fraction of sp³-hybridized carbons (Fsp3) is 0.386. The summed E-state index contributed by atoms with van der Waals surface area (Å²) in [5.74, 6) is 2.26. The van der Waals surface area contributed by atoms with E-state index < -0.39 is 0 Å². The van der Waals surface area contributed by atoms with Crippen LogP contribution >= 0.6 is 0 Å². The van der Waals surface area contributed by atoms with Crippen LogP contribution < -0.4 is 16.0 Å². The van der Waals surface area contributed by atoms with E-state index in [-0.39, 0.29) is 0 Å². The lowest BCUT2D eigenvalue weighted by atomic mass is 10.1. The van der Waals surface area contributed by atoms with Crippen LogP contribution in [0, 0.1) is 0 Å². The van der Waals surface area contributed by atoms with E-state index in [1.54, 1.807) is 12.7 Å². The Morgan fingerprint density at radius 3 is 1.78 bits per heavy atom. The first kappa shape index (κ1) is 36.6. The number of hydrogen-bond donors (Lipinski definition) is 3. The highest BCUT2D eigenvalue weighted by Gasteiger charge is 2.29. The maximum atomic E-state index is 10.7. The summed E-state index contributed by atoms with van der Waals surface area (Å²) in [4.78, 5) is 40.0. The van der Waals surface area contributed by atoms with Gasteiger partial charge in [0.2, 0.25) is 0 Å². The van der Waals surface area contributed by atoms with E-state index in [0.717, 1.165) is 108 Å². The Kier molecular flexibility index (Phi) is 11.9. The molecule has 2 saturated carbocycles. The summed E-state index contributed by atoms with van der Waals surface area (Å²) in [5, 5.41) is 12.4. The Morgan fingerprint density at radius 1 is 0.582 bits per heavy atom. The molecule has 6 aromatic rings. The zero-order chi connectivity index (χ0) is 37.2. The second-order valence-corrected chi connectivity index (χ2v) is 15.0. The Labute approximate surface area is 322 Å². The molecule has 0 amide bonds. The first-order valence-corrected chi connectivity index (χ1v) is 20.0. The molecule has 0 bridgehead atoms. The Hall–Kier alpha value is -5.39. The molecular formula is C44H50N10O. The van der Waals surface area contributed by atoms with Crippen LogP contribution in [0.25, 0.3) is 21.8 Å². The Bertz CT molecular complexity index is 2220. The molecule has 11 nitrogen and oxygen atoms in total. The van der Waals surface area contributed by atoms with Gasteiger partial charge in [-0.15, -0.1) is 0 Å². The number of pyridine rings is 2. The molecule has 10 rings (SSSR count). The van der Waals surface area contributed by atoms with Gasteiger partial charge in [-0.05, 0) is 49.9 Å². The van der Waals surface area contributed by atoms with E-state index in [1.165, 1.54) is 62.6 Å². The lowest BCUT2D eigenvalue weighted by Gasteiger charge is -2.26. The fourth-order valence-corrected chi connectivity index (χ4v) is 8.07. The monoisotopic (exact) mass is 734 g/mol. The average molecular weight is 735 g/mol. The number of nitrogens with zero attached hydrogens (tertiary/aromatic N) is 7. The molecule has 282 valence electrons. The molecule has 0 unspecified atom stereocenters. The van der Waals surface area contributed by atoms with E-state index >= 15 is 0 Å². The zero-order valence-corrected chi connectivity index (χ0v) is 31.5. The number of rotatable bonds is 5. The van der Waals surface area contributed by atoms with E-state index in [1.807, 2.05) is 48.8 Å². The van der Waals surface area contributed by atoms with Crippen LogP contribution in [-0.4, -0.2) is 46.6 Å². The second kappa shape index (κ2) is 17.8. The Balaban J connectivity index is 0.000000133. The molecule has 0 atom stereocenters. The lowest BCUT2D eigenvalue weighted by Crippen LogP contribution is -2.30. The number of para-hydroxylation sites is 2. The third-order valence-corrected chi connectivity index (χ3v) is 11.1. The topological polar surface area (TPSA) is 134 Å². The SMILES string of the molecule is O=C1CCCCCC1.c1ccc2ncc(Nc3ncnc4c3CN(C3CCCCCC3)C4)cc2c1.c1ccc2ncc(Nc3ncnc4c3CNC4)cc2c1. The molecule has 4 aromatic heterocycles. The fourth-order valence-electron chi connectivity index (χ4n) is 8.07. The van der Waals surface area contributed by atoms with Gasteiger partial charge in [0.1, 0.15) is 30.1 Å². The maximum absolute atomic E-state index is 10.7. The van der Waals surface area contributed by atoms with Crippen molar-refractivity contribution < 1.29 is 4.79 Å². The molecule has 3 N–H and O–H groups in total. The van der Waals surface area contributed by atoms with E-state index in [2.05, 4.69) is 75.0 Å². The number of benzene rings is 2. The number of anilines is 4. The number of nitrogens with one attached hydrogen (secondary N) is 3. The molecule has 2 fully saturated rings. The summed E-state index contributed by atoms with van der Waals surface area (Å²) in [7, 11) is 0. The van der Waals surface area contributed by atoms with Crippen molar-refractivity contribution in [3.05, 3.63) is 108 Å². The number of fused-ring (bicyclic) bond motifs is 4. The molecule has 11 heteroatoms. The Morgan fingerprint density at radius 2 is 1.15 bits per heavy atom. The molecular weight excluding hydrogens is 685 g/mol. The van der Waals surface area contributed by atoms with Gasteiger partial charge in [-0.25, -0.2) is 19.9 Å². The van der Waals surface area contributed by atoms with E-state index in [0.29, 0.717) is 11.8 Å². The lowest BCUT2D eigenvalue weighted by molar-refractivity contribution is -0.118. The van der Waals surface area contributed by atoms with Crippen molar-refractivity contribution in [1.29, 1.82) is 0 Å². The molecule has 0 radical (unpaired) electrons. The minimum Gasteiger partial charge on any atom is -0.339 e. The van der Waals surface area contributed by atoms with Crippen molar-refractivity contribution in [2.75, 3.05) is 10.6 Å². The molecule has 55 heavy (non-hydrogen) atoms. The van der Waals surface area contributed by atoms with Crippen molar-refractivity contribution >= 4 is 50.6 Å². The third kappa shape index (κ3) is 9.29. The predicted molar refractivity (Wildman–Crippen MR) is 218 cm³/mol. The summed E-state index contributed by atoms with van der Waals surface area (Å²) in [5.41, 5.74) is 8.54. The minimum atomic E-state index is 0.475. The quantitative estimate of drug-likeness (QED) is 0.147. The highest BCUT2D eigenvalue weighted by Crippen LogP contribution is 2.33. The number of carbonyl (C=O) groups is 1. The summed E-state index contributed by atoms with van der Waals surface area (Å²) in [6, 6.07) is 21.2. The smallest absolute Gasteiger partial charge is 0.138 e. The van der Waals surface area contributed by atoms with Crippen LogP contribution in [0.2, 0.25) is 0 Å². The first-order valence-electron chi connectivity index (χ1n) is 20.0. The van der Waals surface area contributed by atoms with Crippen molar-refractivity contribution in [3.63, 3.8) is 0 Å². The zero-order valence-electron chi connectivity index (χ0n) is 31.5. The van der Waals surface area contributed by atoms with Gasteiger partial charge in [-0.1, -0.05) is 74.9 Å². The highest BCUT2D eigenvalue weighted by atomic mass is 16.1. The molecule has 6 heterocycles. The number of hydrogen-bond acceptors (Lipinski definition) is 11. The normalized spacial score (nSPS) is 17.2. The third-order valence-electron chi connectivity index (χ3n) is 11.1. The van der Waals surface area contributed by atoms with Gasteiger partial charge in [-0.3, -0.25) is 19.7 Å². The summed E-state index contributed by atoms with van der Waals surface area (Å²) >= 11 is 0. The maximum Gasteiger partial charge on any atom is 0.138 e. The van der Waals surface area contributed by atoms with Crippen LogP contribution in [0.1, 0.15) is 99.6 Å².